The first-order chi connectivity index (χ1) is 10.1. The first-order valence-electron chi connectivity index (χ1n) is 8.49. The molecule has 0 aromatic rings. The molecule has 2 amide bonds. The molecule has 126 valence electrons. The Kier molecular flexibility index (Phi) is 6.09. The van der Waals surface area contributed by atoms with E-state index in [1.807, 2.05) is 4.90 Å². The molecule has 0 aromatic carbocycles. The Morgan fingerprint density at radius 2 is 1.73 bits per heavy atom. The molecule has 1 heterocycles. The van der Waals surface area contributed by atoms with Gasteiger partial charge in [0.05, 0.1) is 5.92 Å². The molecule has 1 atom stereocenters. The first kappa shape index (κ1) is 17.5. The zero-order valence-electron chi connectivity index (χ0n) is 13.1. The predicted octanol–water partition coefficient (Wildman–Crippen LogP) is 1.59. The van der Waals surface area contributed by atoms with Crippen LogP contribution in [0.25, 0.3) is 0 Å². The van der Waals surface area contributed by atoms with E-state index in [9.17, 15) is 9.59 Å². The molecule has 1 saturated heterocycles. The van der Waals surface area contributed by atoms with Crippen molar-refractivity contribution < 1.29 is 9.59 Å². The molecular weight excluding hydrogens is 302 g/mol. The second-order valence-corrected chi connectivity index (χ2v) is 7.01. The van der Waals surface area contributed by atoms with E-state index in [4.69, 9.17) is 5.73 Å². The molecule has 1 aliphatic heterocycles. The normalized spacial score (nSPS) is 32.9. The standard InChI is InChI=1S/C16H27N3O2.ClH/c17-12-5-7-13(8-6-12)18-16(21)11-9-15(20)19(10-11)14-3-1-2-4-14;/h11-14H,1-10,17H2,(H,18,21);1H. The highest BCUT2D eigenvalue weighted by molar-refractivity contribution is 5.89. The number of nitrogens with one attached hydrogen (secondary N) is 1. The van der Waals surface area contributed by atoms with Crippen LogP contribution >= 0.6 is 12.4 Å². The van der Waals surface area contributed by atoms with Crippen LogP contribution < -0.4 is 11.1 Å². The maximum atomic E-state index is 12.4. The van der Waals surface area contributed by atoms with Crippen LogP contribution in [0.15, 0.2) is 0 Å². The third-order valence-corrected chi connectivity index (χ3v) is 5.41. The quantitative estimate of drug-likeness (QED) is 0.825. The van der Waals surface area contributed by atoms with E-state index in [1.54, 1.807) is 0 Å². The van der Waals surface area contributed by atoms with Crippen molar-refractivity contribution in [3.8, 4) is 0 Å². The minimum absolute atomic E-state index is 0. The zero-order chi connectivity index (χ0) is 14.8. The van der Waals surface area contributed by atoms with E-state index in [2.05, 4.69) is 5.32 Å². The maximum absolute atomic E-state index is 12.4. The molecule has 3 N–H and O–H groups in total. The predicted molar refractivity (Wildman–Crippen MR) is 87.7 cm³/mol. The number of nitrogens with zero attached hydrogens (tertiary/aromatic N) is 1. The fraction of sp³-hybridized carbons (Fsp3) is 0.875. The summed E-state index contributed by atoms with van der Waals surface area (Å²) in [4.78, 5) is 26.5. The van der Waals surface area contributed by atoms with Gasteiger partial charge in [0.25, 0.3) is 0 Å². The molecule has 5 nitrogen and oxygen atoms in total. The highest BCUT2D eigenvalue weighted by Gasteiger charge is 2.39. The lowest BCUT2D eigenvalue weighted by atomic mass is 9.91. The molecule has 0 radical (unpaired) electrons. The zero-order valence-corrected chi connectivity index (χ0v) is 13.9. The van der Waals surface area contributed by atoms with Crippen LogP contribution in [0.2, 0.25) is 0 Å². The molecule has 0 spiro atoms. The van der Waals surface area contributed by atoms with Crippen molar-refractivity contribution >= 4 is 24.2 Å². The number of carbonyl (C=O) groups excluding carboxylic acids is 2. The van der Waals surface area contributed by atoms with Crippen molar-refractivity contribution in [3.05, 3.63) is 0 Å². The van der Waals surface area contributed by atoms with Crippen molar-refractivity contribution in [2.24, 2.45) is 11.7 Å². The van der Waals surface area contributed by atoms with E-state index in [1.165, 1.54) is 12.8 Å². The number of rotatable bonds is 3. The molecule has 3 aliphatic rings. The second-order valence-electron chi connectivity index (χ2n) is 7.01. The summed E-state index contributed by atoms with van der Waals surface area (Å²) >= 11 is 0. The summed E-state index contributed by atoms with van der Waals surface area (Å²) < 4.78 is 0. The van der Waals surface area contributed by atoms with Crippen LogP contribution in [0.4, 0.5) is 0 Å². The van der Waals surface area contributed by atoms with E-state index in [0.29, 0.717) is 25.0 Å². The van der Waals surface area contributed by atoms with E-state index in [0.717, 1.165) is 38.5 Å². The monoisotopic (exact) mass is 329 g/mol. The van der Waals surface area contributed by atoms with Gasteiger partial charge in [-0.2, -0.15) is 0 Å². The Hall–Kier alpha value is -0.810. The van der Waals surface area contributed by atoms with Gasteiger partial charge in [-0.05, 0) is 38.5 Å². The third kappa shape index (κ3) is 3.93. The smallest absolute Gasteiger partial charge is 0.225 e. The molecule has 3 rings (SSSR count). The maximum Gasteiger partial charge on any atom is 0.225 e. The molecule has 2 saturated carbocycles. The summed E-state index contributed by atoms with van der Waals surface area (Å²) in [6.07, 6.45) is 8.97. The van der Waals surface area contributed by atoms with Gasteiger partial charge < -0.3 is 16.0 Å². The largest absolute Gasteiger partial charge is 0.353 e. The highest BCUT2D eigenvalue weighted by atomic mass is 35.5. The van der Waals surface area contributed by atoms with Crippen molar-refractivity contribution in [2.45, 2.75) is 75.9 Å². The number of hydrogen-bond acceptors (Lipinski definition) is 3. The van der Waals surface area contributed by atoms with Crippen LogP contribution in [-0.4, -0.2) is 41.4 Å². The number of likely N-dealkylation sites (tertiary alicyclic amines) is 1. The van der Waals surface area contributed by atoms with Gasteiger partial charge in [-0.25, -0.2) is 0 Å². The Morgan fingerprint density at radius 1 is 1.09 bits per heavy atom. The summed E-state index contributed by atoms with van der Waals surface area (Å²) in [7, 11) is 0. The number of hydrogen-bond donors (Lipinski definition) is 2. The van der Waals surface area contributed by atoms with E-state index >= 15 is 0 Å². The van der Waals surface area contributed by atoms with Gasteiger partial charge in [0.2, 0.25) is 11.8 Å². The van der Waals surface area contributed by atoms with Crippen LogP contribution in [0.1, 0.15) is 57.8 Å². The fourth-order valence-corrected chi connectivity index (χ4v) is 4.06. The molecule has 0 aromatic heterocycles. The molecule has 3 fully saturated rings. The average Bonchev–Trinajstić information content (AvgIpc) is 3.10. The number of halogens is 1. The van der Waals surface area contributed by atoms with Crippen molar-refractivity contribution in [1.29, 1.82) is 0 Å². The number of amides is 2. The van der Waals surface area contributed by atoms with Gasteiger partial charge in [-0.1, -0.05) is 12.8 Å². The molecule has 2 aliphatic carbocycles. The molecule has 22 heavy (non-hydrogen) atoms. The topological polar surface area (TPSA) is 75.4 Å². The van der Waals surface area contributed by atoms with Gasteiger partial charge in [-0.15, -0.1) is 12.4 Å². The lowest BCUT2D eigenvalue weighted by Gasteiger charge is -2.28. The summed E-state index contributed by atoms with van der Waals surface area (Å²) in [6, 6.07) is 0.944. The third-order valence-electron chi connectivity index (χ3n) is 5.41. The minimum atomic E-state index is -0.145. The van der Waals surface area contributed by atoms with E-state index < -0.39 is 0 Å². The van der Waals surface area contributed by atoms with Crippen molar-refractivity contribution in [2.75, 3.05) is 6.54 Å². The van der Waals surface area contributed by atoms with Crippen LogP contribution in [0, 0.1) is 5.92 Å². The molecular formula is C16H28ClN3O2. The number of carbonyl (C=O) groups is 2. The average molecular weight is 330 g/mol. The Labute approximate surface area is 138 Å². The molecule has 6 heteroatoms. The van der Waals surface area contributed by atoms with Gasteiger partial charge in [0, 0.05) is 31.1 Å². The summed E-state index contributed by atoms with van der Waals surface area (Å²) in [5.74, 6) is 0.103. The summed E-state index contributed by atoms with van der Waals surface area (Å²) in [5.41, 5.74) is 5.89. The Balaban J connectivity index is 0.00000176. The highest BCUT2D eigenvalue weighted by Crippen LogP contribution is 2.29. The summed E-state index contributed by atoms with van der Waals surface area (Å²) in [5, 5.41) is 3.14. The van der Waals surface area contributed by atoms with E-state index in [-0.39, 0.29) is 36.2 Å². The van der Waals surface area contributed by atoms with Crippen LogP contribution in [-0.2, 0) is 9.59 Å². The fourth-order valence-electron chi connectivity index (χ4n) is 4.06. The second kappa shape index (κ2) is 7.64. The summed E-state index contributed by atoms with van der Waals surface area (Å²) in [6.45, 7) is 0.627. The first-order valence-corrected chi connectivity index (χ1v) is 8.49. The Bertz CT molecular complexity index is 404. The van der Waals surface area contributed by atoms with Gasteiger partial charge in [-0.3, -0.25) is 9.59 Å². The Morgan fingerprint density at radius 3 is 2.36 bits per heavy atom. The minimum Gasteiger partial charge on any atom is -0.353 e. The number of nitrogens with two attached hydrogens (primary N) is 1. The molecule has 1 unspecified atom stereocenters. The molecule has 0 bridgehead atoms. The van der Waals surface area contributed by atoms with Crippen molar-refractivity contribution in [3.63, 3.8) is 0 Å². The van der Waals surface area contributed by atoms with Gasteiger partial charge in [0.15, 0.2) is 0 Å². The lowest BCUT2D eigenvalue weighted by molar-refractivity contribution is -0.130. The SMILES string of the molecule is Cl.NC1CCC(NC(=O)C2CC(=O)N(C3CCCC3)C2)CC1. The van der Waals surface area contributed by atoms with Gasteiger partial charge >= 0.3 is 0 Å². The van der Waals surface area contributed by atoms with Crippen LogP contribution in [0.5, 0.6) is 0 Å². The lowest BCUT2D eigenvalue weighted by Crippen LogP contribution is -2.43. The van der Waals surface area contributed by atoms with Crippen LogP contribution in [0.3, 0.4) is 0 Å². The van der Waals surface area contributed by atoms with Gasteiger partial charge in [0.1, 0.15) is 0 Å². The van der Waals surface area contributed by atoms with Crippen molar-refractivity contribution in [1.82, 2.24) is 10.2 Å².